The predicted molar refractivity (Wildman–Crippen MR) is 229 cm³/mol. The molecule has 0 amide bonds. The zero-order valence-electron chi connectivity index (χ0n) is 34.9. The fraction of sp³-hybridized carbons (Fsp3) is 0.933. The van der Waals surface area contributed by atoms with Crippen LogP contribution in [0.2, 0.25) is 0 Å². The van der Waals surface area contributed by atoms with E-state index in [-0.39, 0.29) is 0 Å². The van der Waals surface area contributed by atoms with Crippen molar-refractivity contribution in [1.29, 1.82) is 0 Å². The van der Waals surface area contributed by atoms with E-state index in [1.807, 2.05) is 0 Å². The molecule has 1 aromatic rings. The molecule has 1 aromatic heterocycles. The minimum Gasteiger partial charge on any atom is -0.354 e. The third-order valence-corrected chi connectivity index (χ3v) is 10.6. The van der Waals surface area contributed by atoms with Crippen molar-refractivity contribution in [3.05, 3.63) is 0 Å². The summed E-state index contributed by atoms with van der Waals surface area (Å²) in [4.78, 5) is 14.3. The minimum absolute atomic E-state index is 0.711. The van der Waals surface area contributed by atoms with E-state index in [9.17, 15) is 0 Å². The van der Waals surface area contributed by atoms with E-state index < -0.39 is 0 Å². The molecule has 0 atom stereocenters. The number of nitrogens with one attached hydrogen (secondary N) is 3. The largest absolute Gasteiger partial charge is 0.354 e. The lowest BCUT2D eigenvalue weighted by molar-refractivity contribution is 0.546. The first-order chi connectivity index (χ1) is 25.3. The van der Waals surface area contributed by atoms with Gasteiger partial charge in [-0.05, 0) is 19.3 Å². The summed E-state index contributed by atoms with van der Waals surface area (Å²) in [5.74, 6) is 2.13. The van der Waals surface area contributed by atoms with Crippen LogP contribution in [0.4, 0.5) is 17.8 Å². The topological polar surface area (TPSA) is 74.8 Å². The molecule has 1 rings (SSSR count). The third kappa shape index (κ3) is 34.0. The Morgan fingerprint density at radius 3 is 0.569 bits per heavy atom. The van der Waals surface area contributed by atoms with Crippen LogP contribution in [0.25, 0.3) is 0 Å². The summed E-state index contributed by atoms with van der Waals surface area (Å²) in [5, 5.41) is 10.6. The van der Waals surface area contributed by atoms with E-state index in [0.29, 0.717) is 17.8 Å². The van der Waals surface area contributed by atoms with Gasteiger partial charge in [0.2, 0.25) is 17.8 Å². The fourth-order valence-corrected chi connectivity index (χ4v) is 7.11. The second-order valence-corrected chi connectivity index (χ2v) is 15.8. The van der Waals surface area contributed by atoms with Gasteiger partial charge >= 0.3 is 0 Å². The van der Waals surface area contributed by atoms with Crippen LogP contribution in [0.1, 0.15) is 252 Å². The van der Waals surface area contributed by atoms with Crippen LogP contribution in [0.3, 0.4) is 0 Å². The summed E-state index contributed by atoms with van der Waals surface area (Å²) in [6, 6.07) is 0. The van der Waals surface area contributed by atoms with Crippen molar-refractivity contribution in [1.82, 2.24) is 15.0 Å². The van der Waals surface area contributed by atoms with Crippen molar-refractivity contribution in [3.63, 3.8) is 0 Å². The summed E-state index contributed by atoms with van der Waals surface area (Å²) >= 11 is 0. The molecule has 0 unspecified atom stereocenters. The number of anilines is 3. The highest BCUT2D eigenvalue weighted by Crippen LogP contribution is 2.16. The fourth-order valence-electron chi connectivity index (χ4n) is 7.11. The molecular weight excluding hydrogens is 625 g/mol. The molecule has 0 aliphatic rings. The molecule has 51 heavy (non-hydrogen) atoms. The van der Waals surface area contributed by atoms with Gasteiger partial charge in [-0.2, -0.15) is 15.0 Å². The van der Waals surface area contributed by atoms with Crippen molar-refractivity contribution < 1.29 is 0 Å². The Hall–Kier alpha value is -1.59. The summed E-state index contributed by atoms with van der Waals surface area (Å²) in [7, 11) is 0. The molecule has 0 bridgehead atoms. The lowest BCUT2D eigenvalue weighted by Crippen LogP contribution is -2.14. The quantitative estimate of drug-likeness (QED) is 0.0585. The van der Waals surface area contributed by atoms with E-state index >= 15 is 0 Å². The number of hydrogen-bond donors (Lipinski definition) is 3. The van der Waals surface area contributed by atoms with Crippen LogP contribution < -0.4 is 16.0 Å². The molecule has 1 heterocycles. The zero-order valence-corrected chi connectivity index (χ0v) is 34.9. The van der Waals surface area contributed by atoms with E-state index in [2.05, 4.69) is 36.7 Å². The highest BCUT2D eigenvalue weighted by atomic mass is 15.3. The Kier molecular flexibility index (Phi) is 36.8. The van der Waals surface area contributed by atoms with Crippen LogP contribution in [-0.2, 0) is 0 Å². The number of unbranched alkanes of at least 4 members (excludes halogenated alkanes) is 33. The molecule has 0 saturated heterocycles. The van der Waals surface area contributed by atoms with Gasteiger partial charge in [-0.1, -0.05) is 233 Å². The Bertz CT molecular complexity index is 701. The number of aromatic nitrogens is 3. The van der Waals surface area contributed by atoms with Gasteiger partial charge in [-0.25, -0.2) is 0 Å². The summed E-state index contributed by atoms with van der Waals surface area (Å²) in [5.41, 5.74) is 0. The maximum Gasteiger partial charge on any atom is 0.229 e. The number of hydrogen-bond acceptors (Lipinski definition) is 6. The van der Waals surface area contributed by atoms with E-state index in [1.54, 1.807) is 0 Å². The van der Waals surface area contributed by atoms with Gasteiger partial charge in [0.05, 0.1) is 0 Å². The maximum absolute atomic E-state index is 4.75. The van der Waals surface area contributed by atoms with Crippen molar-refractivity contribution in [2.45, 2.75) is 252 Å². The molecular formula is C45H90N6. The maximum atomic E-state index is 4.75. The molecule has 0 spiro atoms. The Balaban J connectivity index is 2.30. The van der Waals surface area contributed by atoms with Crippen molar-refractivity contribution >= 4 is 17.8 Å². The van der Waals surface area contributed by atoms with Gasteiger partial charge in [0.15, 0.2) is 0 Å². The molecule has 0 aromatic carbocycles. The second-order valence-electron chi connectivity index (χ2n) is 15.8. The van der Waals surface area contributed by atoms with Crippen molar-refractivity contribution in [2.75, 3.05) is 35.6 Å². The van der Waals surface area contributed by atoms with E-state index in [0.717, 1.165) is 19.6 Å². The average Bonchev–Trinajstić information content (AvgIpc) is 3.14. The molecule has 0 aliphatic heterocycles. The van der Waals surface area contributed by atoms with Gasteiger partial charge in [-0.3, -0.25) is 0 Å². The normalized spacial score (nSPS) is 11.4. The van der Waals surface area contributed by atoms with Crippen molar-refractivity contribution in [3.8, 4) is 0 Å². The highest BCUT2D eigenvalue weighted by molar-refractivity contribution is 5.42. The minimum atomic E-state index is 0.711. The first kappa shape index (κ1) is 47.4. The predicted octanol–water partition coefficient (Wildman–Crippen LogP) is 15.2. The Morgan fingerprint density at radius 1 is 0.235 bits per heavy atom. The van der Waals surface area contributed by atoms with Crippen molar-refractivity contribution in [2.24, 2.45) is 0 Å². The average molecular weight is 715 g/mol. The van der Waals surface area contributed by atoms with Crippen LogP contribution in [0.15, 0.2) is 0 Å². The van der Waals surface area contributed by atoms with Gasteiger partial charge in [-0.15, -0.1) is 0 Å². The first-order valence-corrected chi connectivity index (χ1v) is 23.3. The number of nitrogens with zero attached hydrogens (tertiary/aromatic N) is 3. The van der Waals surface area contributed by atoms with Gasteiger partial charge in [0.25, 0.3) is 0 Å². The van der Waals surface area contributed by atoms with Gasteiger partial charge < -0.3 is 16.0 Å². The second kappa shape index (κ2) is 39.6. The number of rotatable bonds is 42. The summed E-state index contributed by atoms with van der Waals surface area (Å²) in [6.07, 6.45) is 49.4. The Morgan fingerprint density at radius 2 is 0.392 bits per heavy atom. The SMILES string of the molecule is CCCCCCCCCCCCCCNc1nc(NCCCCCCCCCCCCCC)nc(NCCCCCCCCCCCCCC)n1. The van der Waals surface area contributed by atoms with Crippen LogP contribution >= 0.6 is 0 Å². The van der Waals surface area contributed by atoms with Crippen LogP contribution in [0.5, 0.6) is 0 Å². The lowest BCUT2D eigenvalue weighted by Gasteiger charge is -2.11. The van der Waals surface area contributed by atoms with E-state index in [1.165, 1.54) is 231 Å². The lowest BCUT2D eigenvalue weighted by atomic mass is 10.1. The van der Waals surface area contributed by atoms with Crippen LogP contribution in [-0.4, -0.2) is 34.6 Å². The summed E-state index contributed by atoms with van der Waals surface area (Å²) in [6.45, 7) is 9.68. The molecule has 6 nitrogen and oxygen atoms in total. The van der Waals surface area contributed by atoms with Crippen LogP contribution in [0, 0.1) is 0 Å². The standard InChI is InChI=1S/C45H90N6/c1-4-7-10-13-16-19-22-25-28-31-34-37-40-46-43-49-44(47-41-38-35-32-29-26-23-20-17-14-11-8-5-2)51-45(50-43)48-42-39-36-33-30-27-24-21-18-15-12-9-6-3/h4-42H2,1-3H3,(H3,46,47,48,49,50,51). The third-order valence-electron chi connectivity index (χ3n) is 10.6. The Labute approximate surface area is 319 Å². The molecule has 6 heteroatoms. The molecule has 0 saturated carbocycles. The molecule has 300 valence electrons. The van der Waals surface area contributed by atoms with Gasteiger partial charge in [0.1, 0.15) is 0 Å². The molecule has 0 fully saturated rings. The molecule has 3 N–H and O–H groups in total. The van der Waals surface area contributed by atoms with Gasteiger partial charge in [0, 0.05) is 19.6 Å². The zero-order chi connectivity index (χ0) is 36.6. The highest BCUT2D eigenvalue weighted by Gasteiger charge is 2.07. The summed E-state index contributed by atoms with van der Waals surface area (Å²) < 4.78 is 0. The smallest absolute Gasteiger partial charge is 0.229 e. The molecule has 0 aliphatic carbocycles. The monoisotopic (exact) mass is 715 g/mol. The van der Waals surface area contributed by atoms with E-state index in [4.69, 9.17) is 15.0 Å². The first-order valence-electron chi connectivity index (χ1n) is 23.3. The molecule has 0 radical (unpaired) electrons.